The number of benzene rings is 2. The number of nitrogens with zero attached hydrogens (tertiary/aromatic N) is 1. The van der Waals surface area contributed by atoms with Gasteiger partial charge in [0, 0.05) is 22.3 Å². The standard InChI is InChI=1S/C17H16BrN3/c1-2-9-21-15-8-7-11(18)10-12(15)16-17(21)20-14-6-4-3-5-13(14)19-16/h2-8,10,16-17,19-20H,1,9H2. The minimum absolute atomic E-state index is 0.210. The van der Waals surface area contributed by atoms with Gasteiger partial charge in [0.25, 0.3) is 0 Å². The number of para-hydroxylation sites is 2. The summed E-state index contributed by atoms with van der Waals surface area (Å²) >= 11 is 3.59. The van der Waals surface area contributed by atoms with E-state index in [1.165, 1.54) is 11.3 Å². The van der Waals surface area contributed by atoms with Gasteiger partial charge in [-0.15, -0.1) is 6.58 Å². The van der Waals surface area contributed by atoms with Gasteiger partial charge in [0.1, 0.15) is 6.17 Å². The van der Waals surface area contributed by atoms with Crippen LogP contribution in [0, 0.1) is 0 Å². The number of hydrogen-bond donors (Lipinski definition) is 2. The lowest BCUT2D eigenvalue weighted by Crippen LogP contribution is -2.45. The molecule has 2 N–H and O–H groups in total. The van der Waals surface area contributed by atoms with Crippen LogP contribution in [0.5, 0.6) is 0 Å². The quantitative estimate of drug-likeness (QED) is 0.794. The first-order valence-electron chi connectivity index (χ1n) is 7.07. The van der Waals surface area contributed by atoms with Crippen molar-refractivity contribution in [1.29, 1.82) is 0 Å². The van der Waals surface area contributed by atoms with Crippen molar-refractivity contribution in [3.05, 3.63) is 65.2 Å². The highest BCUT2D eigenvalue weighted by Gasteiger charge is 2.40. The van der Waals surface area contributed by atoms with Crippen molar-refractivity contribution in [2.24, 2.45) is 0 Å². The Morgan fingerprint density at radius 3 is 2.67 bits per heavy atom. The third-order valence-corrected chi connectivity index (χ3v) is 4.65. The number of hydrogen-bond acceptors (Lipinski definition) is 3. The van der Waals surface area contributed by atoms with Gasteiger partial charge in [0.15, 0.2) is 0 Å². The Labute approximate surface area is 132 Å². The maximum Gasteiger partial charge on any atom is 0.124 e. The van der Waals surface area contributed by atoms with E-state index in [9.17, 15) is 0 Å². The Morgan fingerprint density at radius 2 is 1.90 bits per heavy atom. The topological polar surface area (TPSA) is 27.3 Å². The monoisotopic (exact) mass is 341 g/mol. The molecule has 4 rings (SSSR count). The van der Waals surface area contributed by atoms with Crippen molar-refractivity contribution in [3.63, 3.8) is 0 Å². The Balaban J connectivity index is 1.82. The molecule has 0 saturated carbocycles. The molecule has 2 atom stereocenters. The van der Waals surface area contributed by atoms with E-state index in [1.807, 2.05) is 6.08 Å². The molecule has 2 aliphatic heterocycles. The fourth-order valence-corrected chi connectivity index (χ4v) is 3.65. The van der Waals surface area contributed by atoms with Crippen molar-refractivity contribution in [1.82, 2.24) is 0 Å². The first-order valence-corrected chi connectivity index (χ1v) is 7.86. The van der Waals surface area contributed by atoms with Gasteiger partial charge in [0.05, 0.1) is 17.4 Å². The van der Waals surface area contributed by atoms with Gasteiger partial charge >= 0.3 is 0 Å². The summed E-state index contributed by atoms with van der Waals surface area (Å²) in [7, 11) is 0. The maximum atomic E-state index is 3.90. The highest BCUT2D eigenvalue weighted by molar-refractivity contribution is 9.10. The highest BCUT2D eigenvalue weighted by Crippen LogP contribution is 2.46. The third-order valence-electron chi connectivity index (χ3n) is 4.15. The summed E-state index contributed by atoms with van der Waals surface area (Å²) in [6.45, 7) is 4.72. The fraction of sp³-hybridized carbons (Fsp3) is 0.176. The SMILES string of the molecule is C=CCN1c2ccc(Br)cc2C2Nc3ccccc3NC21. The molecule has 2 heterocycles. The predicted octanol–water partition coefficient (Wildman–Crippen LogP) is 4.36. The molecular weight excluding hydrogens is 326 g/mol. The van der Waals surface area contributed by atoms with Gasteiger partial charge in [-0.1, -0.05) is 34.1 Å². The number of halogens is 1. The number of anilines is 3. The highest BCUT2D eigenvalue weighted by atomic mass is 79.9. The van der Waals surface area contributed by atoms with Crippen LogP contribution in [0.15, 0.2) is 59.6 Å². The van der Waals surface area contributed by atoms with E-state index in [0.29, 0.717) is 0 Å². The molecule has 106 valence electrons. The molecule has 2 aliphatic rings. The summed E-state index contributed by atoms with van der Waals surface area (Å²) in [4.78, 5) is 2.36. The zero-order valence-corrected chi connectivity index (χ0v) is 13.1. The molecule has 0 bridgehead atoms. The molecule has 0 fully saturated rings. The van der Waals surface area contributed by atoms with Gasteiger partial charge < -0.3 is 15.5 Å². The molecule has 0 aliphatic carbocycles. The third kappa shape index (κ3) is 1.94. The van der Waals surface area contributed by atoms with Crippen LogP contribution in [0.4, 0.5) is 17.1 Å². The molecule has 0 saturated heterocycles. The van der Waals surface area contributed by atoms with Gasteiger partial charge in [-0.25, -0.2) is 0 Å². The summed E-state index contributed by atoms with van der Waals surface area (Å²) in [5.74, 6) is 0. The maximum absolute atomic E-state index is 3.90. The summed E-state index contributed by atoms with van der Waals surface area (Å²) in [5.41, 5.74) is 4.89. The molecule has 2 aromatic carbocycles. The van der Waals surface area contributed by atoms with E-state index in [2.05, 4.69) is 80.5 Å². The number of nitrogens with one attached hydrogen (secondary N) is 2. The Hall–Kier alpha value is -1.94. The number of fused-ring (bicyclic) bond motifs is 4. The Morgan fingerprint density at radius 1 is 1.14 bits per heavy atom. The summed E-state index contributed by atoms with van der Waals surface area (Å²) in [5, 5.41) is 7.33. The smallest absolute Gasteiger partial charge is 0.124 e. The lowest BCUT2D eigenvalue weighted by atomic mass is 10.0. The molecule has 2 aromatic rings. The Bertz CT molecular complexity index is 713. The van der Waals surface area contributed by atoms with Crippen LogP contribution in [0.3, 0.4) is 0 Å². The predicted molar refractivity (Wildman–Crippen MR) is 91.9 cm³/mol. The molecule has 21 heavy (non-hydrogen) atoms. The van der Waals surface area contributed by atoms with Crippen molar-refractivity contribution >= 4 is 33.0 Å². The van der Waals surface area contributed by atoms with Crippen molar-refractivity contribution in [2.45, 2.75) is 12.2 Å². The van der Waals surface area contributed by atoms with Crippen LogP contribution in [-0.4, -0.2) is 12.7 Å². The lowest BCUT2D eigenvalue weighted by Gasteiger charge is -2.36. The second kappa shape index (κ2) is 4.81. The van der Waals surface area contributed by atoms with E-state index >= 15 is 0 Å². The van der Waals surface area contributed by atoms with Crippen LogP contribution in [0.25, 0.3) is 0 Å². The molecular formula is C17H16BrN3. The summed E-state index contributed by atoms with van der Waals surface area (Å²) in [6, 6.07) is 15.1. The van der Waals surface area contributed by atoms with Crippen molar-refractivity contribution in [3.8, 4) is 0 Å². The van der Waals surface area contributed by atoms with Crippen molar-refractivity contribution in [2.75, 3.05) is 22.1 Å². The summed E-state index contributed by atoms with van der Waals surface area (Å²) in [6.07, 6.45) is 2.17. The van der Waals surface area contributed by atoms with E-state index in [4.69, 9.17) is 0 Å². The molecule has 4 heteroatoms. The molecule has 0 aromatic heterocycles. The van der Waals surface area contributed by atoms with E-state index in [1.54, 1.807) is 0 Å². The van der Waals surface area contributed by atoms with Crippen molar-refractivity contribution < 1.29 is 0 Å². The first kappa shape index (κ1) is 12.8. The molecule has 3 nitrogen and oxygen atoms in total. The molecule has 0 amide bonds. The number of rotatable bonds is 2. The van der Waals surface area contributed by atoms with E-state index < -0.39 is 0 Å². The zero-order valence-electron chi connectivity index (χ0n) is 11.5. The van der Waals surface area contributed by atoms with Gasteiger partial charge in [0.2, 0.25) is 0 Å². The van der Waals surface area contributed by atoms with Crippen LogP contribution in [0.2, 0.25) is 0 Å². The van der Waals surface area contributed by atoms with Crippen LogP contribution in [-0.2, 0) is 0 Å². The van der Waals surface area contributed by atoms with Gasteiger partial charge in [-0.2, -0.15) is 0 Å². The van der Waals surface area contributed by atoms with Crippen LogP contribution in [0.1, 0.15) is 11.6 Å². The fourth-order valence-electron chi connectivity index (χ4n) is 3.27. The van der Waals surface area contributed by atoms with E-state index in [-0.39, 0.29) is 12.2 Å². The minimum Gasteiger partial charge on any atom is -0.373 e. The first-order chi connectivity index (χ1) is 10.3. The minimum atomic E-state index is 0.210. The Kier molecular flexibility index (Phi) is 2.93. The second-order valence-corrected chi connectivity index (χ2v) is 6.32. The van der Waals surface area contributed by atoms with Gasteiger partial charge in [-0.05, 0) is 30.3 Å². The molecule has 2 unspecified atom stereocenters. The molecule has 0 spiro atoms. The lowest BCUT2D eigenvalue weighted by molar-refractivity contribution is 0.623. The normalized spacial score (nSPS) is 21.7. The molecule has 0 radical (unpaired) electrons. The van der Waals surface area contributed by atoms with E-state index in [0.717, 1.165) is 22.4 Å². The second-order valence-electron chi connectivity index (χ2n) is 5.40. The van der Waals surface area contributed by atoms with Crippen LogP contribution < -0.4 is 15.5 Å². The largest absolute Gasteiger partial charge is 0.373 e. The summed E-state index contributed by atoms with van der Waals surface area (Å²) < 4.78 is 1.11. The van der Waals surface area contributed by atoms with Crippen LogP contribution >= 0.6 is 15.9 Å². The average molecular weight is 342 g/mol. The zero-order chi connectivity index (χ0) is 14.4. The van der Waals surface area contributed by atoms with Gasteiger partial charge in [-0.3, -0.25) is 0 Å². The average Bonchev–Trinajstić information content (AvgIpc) is 2.79.